The molecule has 0 spiro atoms. The fourth-order valence-electron chi connectivity index (χ4n) is 3.12. The largest absolute Gasteiger partial charge is 0.349 e. The van der Waals surface area contributed by atoms with Crippen LogP contribution in [0.2, 0.25) is 0 Å². The monoisotopic (exact) mass is 309 g/mol. The minimum atomic E-state index is -0.0946. The summed E-state index contributed by atoms with van der Waals surface area (Å²) in [5.74, 6) is -0.0946. The molecule has 4 heteroatoms. The highest BCUT2D eigenvalue weighted by Gasteiger charge is 2.23. The van der Waals surface area contributed by atoms with E-state index in [9.17, 15) is 4.79 Å². The number of nitrogens with zero attached hydrogens (tertiary/aromatic N) is 2. The van der Waals surface area contributed by atoms with E-state index in [1.807, 2.05) is 18.2 Å². The molecule has 23 heavy (non-hydrogen) atoms. The van der Waals surface area contributed by atoms with Gasteiger partial charge in [-0.3, -0.25) is 14.7 Å². The van der Waals surface area contributed by atoms with E-state index in [-0.39, 0.29) is 5.91 Å². The van der Waals surface area contributed by atoms with Crippen LogP contribution in [-0.2, 0) is 6.42 Å². The van der Waals surface area contributed by atoms with Gasteiger partial charge in [-0.25, -0.2) is 0 Å². The van der Waals surface area contributed by atoms with E-state index in [4.69, 9.17) is 0 Å². The molecule has 1 unspecified atom stereocenters. The van der Waals surface area contributed by atoms with Crippen molar-refractivity contribution in [1.29, 1.82) is 0 Å². The zero-order valence-electron chi connectivity index (χ0n) is 13.3. The Bertz CT molecular complexity index is 609. The predicted molar refractivity (Wildman–Crippen MR) is 91.3 cm³/mol. The Morgan fingerprint density at radius 3 is 2.52 bits per heavy atom. The van der Waals surface area contributed by atoms with Crippen molar-refractivity contribution in [2.24, 2.45) is 0 Å². The Hall–Kier alpha value is -2.20. The van der Waals surface area contributed by atoms with Gasteiger partial charge in [-0.2, -0.15) is 0 Å². The molecule has 1 aliphatic heterocycles. The summed E-state index contributed by atoms with van der Waals surface area (Å²) in [6.45, 7) is 2.90. The molecule has 0 bridgehead atoms. The maximum absolute atomic E-state index is 12.2. The zero-order chi connectivity index (χ0) is 15.9. The molecule has 1 saturated heterocycles. The molecule has 0 saturated carbocycles. The molecule has 4 nitrogen and oxygen atoms in total. The van der Waals surface area contributed by atoms with Crippen LogP contribution in [0.3, 0.4) is 0 Å². The minimum absolute atomic E-state index is 0.0946. The predicted octanol–water partition coefficient (Wildman–Crippen LogP) is 2.52. The summed E-state index contributed by atoms with van der Waals surface area (Å²) in [6.07, 6.45) is 5.11. The van der Waals surface area contributed by atoms with Gasteiger partial charge in [-0.15, -0.1) is 0 Å². The quantitative estimate of drug-likeness (QED) is 0.892. The van der Waals surface area contributed by atoms with Crippen molar-refractivity contribution >= 4 is 5.91 Å². The fourth-order valence-corrected chi connectivity index (χ4v) is 3.12. The van der Waals surface area contributed by atoms with Gasteiger partial charge in [-0.1, -0.05) is 36.4 Å². The summed E-state index contributed by atoms with van der Waals surface area (Å²) in [7, 11) is 0. The SMILES string of the molecule is O=C(NCC(Cc1ccccc1)N1CCCC1)c1ccccn1. The van der Waals surface area contributed by atoms with Crippen LogP contribution in [0.25, 0.3) is 0 Å². The Labute approximate surface area is 137 Å². The lowest BCUT2D eigenvalue weighted by Crippen LogP contribution is -2.44. The summed E-state index contributed by atoms with van der Waals surface area (Å²) in [6, 6.07) is 16.2. The molecule has 1 atom stereocenters. The fraction of sp³-hybridized carbons (Fsp3) is 0.368. The maximum atomic E-state index is 12.2. The Kier molecular flexibility index (Phi) is 5.37. The molecule has 0 radical (unpaired) electrons. The van der Waals surface area contributed by atoms with Crippen LogP contribution in [0, 0.1) is 0 Å². The number of benzene rings is 1. The lowest BCUT2D eigenvalue weighted by molar-refractivity contribution is 0.0932. The van der Waals surface area contributed by atoms with Crippen LogP contribution >= 0.6 is 0 Å². The first-order valence-corrected chi connectivity index (χ1v) is 8.30. The molecule has 1 fully saturated rings. The summed E-state index contributed by atoms with van der Waals surface area (Å²) < 4.78 is 0. The third kappa shape index (κ3) is 4.39. The van der Waals surface area contributed by atoms with Crippen molar-refractivity contribution in [2.45, 2.75) is 25.3 Å². The number of rotatable bonds is 6. The second-order valence-corrected chi connectivity index (χ2v) is 6.01. The van der Waals surface area contributed by atoms with Gasteiger partial charge >= 0.3 is 0 Å². The molecule has 120 valence electrons. The van der Waals surface area contributed by atoms with Crippen molar-refractivity contribution < 1.29 is 4.79 Å². The molecule has 1 amide bonds. The van der Waals surface area contributed by atoms with E-state index >= 15 is 0 Å². The molecule has 3 rings (SSSR count). The van der Waals surface area contributed by atoms with Crippen molar-refractivity contribution in [2.75, 3.05) is 19.6 Å². The van der Waals surface area contributed by atoms with Crippen LogP contribution in [0.5, 0.6) is 0 Å². The van der Waals surface area contributed by atoms with Gasteiger partial charge in [0.2, 0.25) is 0 Å². The number of hydrogen-bond acceptors (Lipinski definition) is 3. The molecule has 2 aromatic rings. The second-order valence-electron chi connectivity index (χ2n) is 6.01. The smallest absolute Gasteiger partial charge is 0.269 e. The van der Waals surface area contributed by atoms with Gasteiger partial charge in [0.1, 0.15) is 5.69 Å². The topological polar surface area (TPSA) is 45.2 Å². The van der Waals surface area contributed by atoms with Gasteiger partial charge in [0, 0.05) is 18.8 Å². The number of pyridine rings is 1. The maximum Gasteiger partial charge on any atom is 0.269 e. The number of amides is 1. The van der Waals surface area contributed by atoms with Crippen molar-refractivity contribution in [1.82, 2.24) is 15.2 Å². The van der Waals surface area contributed by atoms with Crippen LogP contribution < -0.4 is 5.32 Å². The Morgan fingerprint density at radius 2 is 1.83 bits per heavy atom. The van der Waals surface area contributed by atoms with Gasteiger partial charge in [0.05, 0.1) is 0 Å². The average molecular weight is 309 g/mol. The number of aromatic nitrogens is 1. The lowest BCUT2D eigenvalue weighted by atomic mass is 10.0. The Balaban J connectivity index is 1.63. The molecule has 1 aromatic carbocycles. The molecule has 2 heterocycles. The molecular weight excluding hydrogens is 286 g/mol. The average Bonchev–Trinajstić information content (AvgIpc) is 3.14. The van der Waals surface area contributed by atoms with E-state index in [2.05, 4.69) is 39.5 Å². The second kappa shape index (κ2) is 7.88. The number of carbonyl (C=O) groups excluding carboxylic acids is 1. The highest BCUT2D eigenvalue weighted by Crippen LogP contribution is 2.15. The molecule has 0 aliphatic carbocycles. The van der Waals surface area contributed by atoms with Crippen LogP contribution in [0.15, 0.2) is 54.7 Å². The summed E-state index contributed by atoms with van der Waals surface area (Å²) in [5.41, 5.74) is 1.80. The van der Waals surface area contributed by atoms with Crippen molar-refractivity contribution in [3.8, 4) is 0 Å². The first-order chi connectivity index (χ1) is 11.3. The van der Waals surface area contributed by atoms with Gasteiger partial charge in [0.15, 0.2) is 0 Å². The van der Waals surface area contributed by atoms with Gasteiger partial charge < -0.3 is 5.32 Å². The van der Waals surface area contributed by atoms with Crippen molar-refractivity contribution in [3.63, 3.8) is 0 Å². The minimum Gasteiger partial charge on any atom is -0.349 e. The van der Waals surface area contributed by atoms with E-state index in [1.165, 1.54) is 18.4 Å². The van der Waals surface area contributed by atoms with E-state index in [0.29, 0.717) is 18.3 Å². The molecular formula is C19H23N3O. The van der Waals surface area contributed by atoms with E-state index in [0.717, 1.165) is 19.5 Å². The van der Waals surface area contributed by atoms with Crippen LogP contribution in [0.4, 0.5) is 0 Å². The molecule has 1 N–H and O–H groups in total. The summed E-state index contributed by atoms with van der Waals surface area (Å²) in [5, 5.41) is 3.05. The number of nitrogens with one attached hydrogen (secondary N) is 1. The third-order valence-corrected chi connectivity index (χ3v) is 4.37. The molecule has 1 aliphatic rings. The standard InChI is InChI=1S/C19H23N3O/c23-19(18-10-4-5-11-20-18)21-15-17(22-12-6-7-13-22)14-16-8-2-1-3-9-16/h1-5,8-11,17H,6-7,12-15H2,(H,21,23). The van der Waals surface area contributed by atoms with Crippen LogP contribution in [0.1, 0.15) is 28.9 Å². The number of carbonyl (C=O) groups is 1. The normalized spacial score (nSPS) is 16.2. The van der Waals surface area contributed by atoms with E-state index in [1.54, 1.807) is 12.3 Å². The highest BCUT2D eigenvalue weighted by atomic mass is 16.1. The lowest BCUT2D eigenvalue weighted by Gasteiger charge is -2.28. The summed E-state index contributed by atoms with van der Waals surface area (Å²) in [4.78, 5) is 18.8. The van der Waals surface area contributed by atoms with Crippen molar-refractivity contribution in [3.05, 3.63) is 66.0 Å². The van der Waals surface area contributed by atoms with Gasteiger partial charge in [-0.05, 0) is 50.0 Å². The highest BCUT2D eigenvalue weighted by molar-refractivity contribution is 5.92. The number of likely N-dealkylation sites (tertiary alicyclic amines) is 1. The molecule has 1 aromatic heterocycles. The third-order valence-electron chi connectivity index (χ3n) is 4.37. The number of hydrogen-bond donors (Lipinski definition) is 1. The first-order valence-electron chi connectivity index (χ1n) is 8.30. The Morgan fingerprint density at radius 1 is 1.09 bits per heavy atom. The zero-order valence-corrected chi connectivity index (χ0v) is 13.3. The summed E-state index contributed by atoms with van der Waals surface area (Å²) >= 11 is 0. The van der Waals surface area contributed by atoms with Crippen LogP contribution in [-0.4, -0.2) is 41.5 Å². The van der Waals surface area contributed by atoms with E-state index < -0.39 is 0 Å². The first kappa shape index (κ1) is 15.7. The van der Waals surface area contributed by atoms with Gasteiger partial charge in [0.25, 0.3) is 5.91 Å².